The Labute approximate surface area is 136 Å². The molecule has 2 aromatic rings. The highest BCUT2D eigenvalue weighted by Crippen LogP contribution is 2.29. The number of aromatic nitrogens is 2. The smallest absolute Gasteiger partial charge is 0.248 e. The van der Waals surface area contributed by atoms with E-state index in [0.29, 0.717) is 5.89 Å². The maximum atomic E-state index is 5.28. The Morgan fingerprint density at radius 2 is 2.14 bits per heavy atom. The monoisotopic (exact) mass is 317 g/mol. The molecule has 2 heterocycles. The van der Waals surface area contributed by atoms with E-state index >= 15 is 0 Å². The van der Waals surface area contributed by atoms with Gasteiger partial charge in [0.05, 0.1) is 4.88 Å². The fraction of sp³-hybridized carbons (Fsp3) is 0.529. The van der Waals surface area contributed by atoms with E-state index in [1.807, 2.05) is 13.8 Å². The van der Waals surface area contributed by atoms with E-state index in [0.717, 1.165) is 22.8 Å². The first-order valence-corrected chi connectivity index (χ1v) is 8.32. The Kier molecular flexibility index (Phi) is 4.92. The van der Waals surface area contributed by atoms with Crippen molar-refractivity contribution in [1.29, 1.82) is 0 Å². The van der Waals surface area contributed by atoms with Crippen molar-refractivity contribution in [3.8, 4) is 11.8 Å². The van der Waals surface area contributed by atoms with Gasteiger partial charge in [0.1, 0.15) is 6.04 Å². The molecule has 0 aliphatic carbocycles. The topological polar surface area (TPSA) is 51.0 Å². The third kappa shape index (κ3) is 4.35. The molecule has 0 saturated heterocycles. The summed E-state index contributed by atoms with van der Waals surface area (Å²) in [6.45, 7) is 12.5. The Hall–Kier alpha value is -1.80. The van der Waals surface area contributed by atoms with E-state index in [2.05, 4.69) is 61.1 Å². The molecule has 0 aromatic carbocycles. The van der Waals surface area contributed by atoms with Crippen LogP contribution < -0.4 is 5.32 Å². The molecule has 0 radical (unpaired) electrons. The summed E-state index contributed by atoms with van der Waals surface area (Å²) in [6, 6.07) is 2.07. The maximum absolute atomic E-state index is 5.28. The lowest BCUT2D eigenvalue weighted by atomic mass is 9.98. The van der Waals surface area contributed by atoms with Crippen LogP contribution in [0.5, 0.6) is 0 Å². The van der Waals surface area contributed by atoms with E-state index in [-0.39, 0.29) is 11.5 Å². The molecule has 1 N–H and O–H groups in total. The van der Waals surface area contributed by atoms with Crippen molar-refractivity contribution in [3.63, 3.8) is 0 Å². The molecule has 0 aliphatic rings. The van der Waals surface area contributed by atoms with Gasteiger partial charge in [0.25, 0.3) is 0 Å². The fourth-order valence-electron chi connectivity index (χ4n) is 1.82. The summed E-state index contributed by atoms with van der Waals surface area (Å²) in [5.41, 5.74) is 1.09. The van der Waals surface area contributed by atoms with Crippen LogP contribution in [0.4, 0.5) is 5.69 Å². The molecule has 4 nitrogen and oxygen atoms in total. The van der Waals surface area contributed by atoms with Crippen molar-refractivity contribution in [1.82, 2.24) is 10.1 Å². The summed E-state index contributed by atoms with van der Waals surface area (Å²) >= 11 is 1.70. The van der Waals surface area contributed by atoms with Gasteiger partial charge in [-0.3, -0.25) is 0 Å². The molecular weight excluding hydrogens is 294 g/mol. The number of nitrogens with one attached hydrogen (secondary N) is 1. The zero-order chi connectivity index (χ0) is 16.3. The third-order valence-corrected chi connectivity index (χ3v) is 3.99. The van der Waals surface area contributed by atoms with Crippen molar-refractivity contribution in [2.45, 2.75) is 54.0 Å². The highest BCUT2D eigenvalue weighted by molar-refractivity contribution is 7.13. The van der Waals surface area contributed by atoms with Gasteiger partial charge in [-0.25, -0.2) is 0 Å². The highest BCUT2D eigenvalue weighted by atomic mass is 32.1. The van der Waals surface area contributed by atoms with Crippen molar-refractivity contribution < 1.29 is 4.52 Å². The Morgan fingerprint density at radius 3 is 2.73 bits per heavy atom. The number of hydrogen-bond acceptors (Lipinski definition) is 5. The van der Waals surface area contributed by atoms with Gasteiger partial charge in [0.15, 0.2) is 5.82 Å². The zero-order valence-corrected chi connectivity index (χ0v) is 14.9. The quantitative estimate of drug-likeness (QED) is 0.839. The number of hydrogen-bond donors (Lipinski definition) is 1. The summed E-state index contributed by atoms with van der Waals surface area (Å²) in [4.78, 5) is 6.64. The second kappa shape index (κ2) is 6.53. The molecule has 0 aliphatic heterocycles. The molecule has 5 heteroatoms. The highest BCUT2D eigenvalue weighted by Gasteiger charge is 2.15. The van der Waals surface area contributed by atoms with Gasteiger partial charge >= 0.3 is 0 Å². The van der Waals surface area contributed by atoms with Gasteiger partial charge in [0.2, 0.25) is 5.89 Å². The lowest BCUT2D eigenvalue weighted by Crippen LogP contribution is -2.07. The molecule has 2 aromatic heterocycles. The summed E-state index contributed by atoms with van der Waals surface area (Å²) in [5.74, 6) is 7.87. The van der Waals surface area contributed by atoms with Crippen LogP contribution in [0.1, 0.15) is 62.1 Å². The minimum absolute atomic E-state index is 0.0130. The molecule has 1 atom stereocenters. The zero-order valence-electron chi connectivity index (χ0n) is 14.1. The minimum atomic E-state index is -0.0236. The summed E-state index contributed by atoms with van der Waals surface area (Å²) in [5, 5.41) is 7.36. The van der Waals surface area contributed by atoms with Crippen LogP contribution in [0.3, 0.4) is 0 Å². The van der Waals surface area contributed by atoms with Crippen molar-refractivity contribution >= 4 is 17.0 Å². The first kappa shape index (κ1) is 16.6. The van der Waals surface area contributed by atoms with Gasteiger partial charge in [-0.1, -0.05) is 23.9 Å². The van der Waals surface area contributed by atoms with Crippen LogP contribution in [0.2, 0.25) is 0 Å². The predicted octanol–water partition coefficient (Wildman–Crippen LogP) is 4.57. The van der Waals surface area contributed by atoms with Crippen LogP contribution in [-0.4, -0.2) is 10.1 Å². The largest absolute Gasteiger partial charge is 0.373 e. The predicted molar refractivity (Wildman–Crippen MR) is 91.1 cm³/mol. The van der Waals surface area contributed by atoms with Crippen LogP contribution in [0.25, 0.3) is 0 Å². The molecule has 0 amide bonds. The van der Waals surface area contributed by atoms with Gasteiger partial charge < -0.3 is 9.84 Å². The first-order chi connectivity index (χ1) is 10.3. The van der Waals surface area contributed by atoms with Crippen LogP contribution in [0, 0.1) is 24.2 Å². The lowest BCUT2D eigenvalue weighted by molar-refractivity contribution is 0.363. The van der Waals surface area contributed by atoms with E-state index in [1.54, 1.807) is 11.3 Å². The standard InChI is InChI=1S/C17H23N3OS/c1-7-15-19-16(21-20-15)11(2)18-14-10-13(22-12(14)3)8-9-17(4,5)6/h10-11,18H,7H2,1-6H3. The minimum Gasteiger partial charge on any atom is -0.373 e. The SMILES string of the molecule is CCc1noc(C(C)Nc2cc(C#CC(C)(C)C)sc2C)n1. The molecule has 0 spiro atoms. The maximum Gasteiger partial charge on any atom is 0.248 e. The average Bonchev–Trinajstić information content (AvgIpc) is 3.03. The third-order valence-electron chi connectivity index (χ3n) is 3.02. The molecule has 2 rings (SSSR count). The molecule has 0 saturated carbocycles. The van der Waals surface area contributed by atoms with E-state index < -0.39 is 0 Å². The van der Waals surface area contributed by atoms with Crippen LogP contribution >= 0.6 is 11.3 Å². The van der Waals surface area contributed by atoms with E-state index in [9.17, 15) is 0 Å². The molecule has 0 bridgehead atoms. The summed E-state index contributed by atoms with van der Waals surface area (Å²) in [6.07, 6.45) is 0.778. The van der Waals surface area contributed by atoms with Crippen LogP contribution in [-0.2, 0) is 6.42 Å². The number of thiophene rings is 1. The number of anilines is 1. The van der Waals surface area contributed by atoms with Crippen LogP contribution in [0.15, 0.2) is 10.6 Å². The van der Waals surface area contributed by atoms with Crippen molar-refractivity contribution in [2.75, 3.05) is 5.32 Å². The molecule has 118 valence electrons. The van der Waals surface area contributed by atoms with Crippen molar-refractivity contribution in [2.24, 2.45) is 5.41 Å². The normalized spacial score (nSPS) is 12.6. The van der Waals surface area contributed by atoms with E-state index in [4.69, 9.17) is 4.52 Å². The molecule has 22 heavy (non-hydrogen) atoms. The Bertz CT molecular complexity index is 698. The molecular formula is C17H23N3OS. The van der Waals surface area contributed by atoms with E-state index in [1.165, 1.54) is 4.88 Å². The van der Waals surface area contributed by atoms with Gasteiger partial charge in [-0.05, 0) is 40.7 Å². The number of rotatable bonds is 4. The average molecular weight is 317 g/mol. The second-order valence-corrected chi connectivity index (χ2v) is 7.61. The lowest BCUT2D eigenvalue weighted by Gasteiger charge is -2.10. The van der Waals surface area contributed by atoms with Gasteiger partial charge in [-0.15, -0.1) is 11.3 Å². The van der Waals surface area contributed by atoms with Gasteiger partial charge in [0, 0.05) is 22.4 Å². The number of nitrogens with zero attached hydrogens (tertiary/aromatic N) is 2. The molecule has 0 fully saturated rings. The fourth-order valence-corrected chi connectivity index (χ4v) is 2.65. The first-order valence-electron chi connectivity index (χ1n) is 7.51. The second-order valence-electron chi connectivity index (χ2n) is 6.35. The Balaban J connectivity index is 2.12. The molecule has 1 unspecified atom stereocenters. The van der Waals surface area contributed by atoms with Crippen molar-refractivity contribution in [3.05, 3.63) is 27.5 Å². The van der Waals surface area contributed by atoms with Gasteiger partial charge in [-0.2, -0.15) is 4.98 Å². The summed E-state index contributed by atoms with van der Waals surface area (Å²) < 4.78 is 5.28. The number of aryl methyl sites for hydroxylation is 2. The Morgan fingerprint density at radius 1 is 1.41 bits per heavy atom. The summed E-state index contributed by atoms with van der Waals surface area (Å²) in [7, 11) is 0.